The van der Waals surface area contributed by atoms with E-state index in [2.05, 4.69) is 60.7 Å². The van der Waals surface area contributed by atoms with Crippen LogP contribution in [-0.2, 0) is 15.9 Å². The maximum atomic E-state index is 6.62. The van der Waals surface area contributed by atoms with E-state index >= 15 is 0 Å². The monoisotopic (exact) mass is 250 g/mol. The summed E-state index contributed by atoms with van der Waals surface area (Å²) in [7, 11) is 0. The molecule has 19 heavy (non-hydrogen) atoms. The van der Waals surface area contributed by atoms with Gasteiger partial charge in [-0.05, 0) is 36.8 Å². The molecule has 0 amide bonds. The predicted octanol–water partition coefficient (Wildman–Crippen LogP) is 4.38. The summed E-state index contributed by atoms with van der Waals surface area (Å²) in [5.41, 5.74) is 2.68. The molecular weight excluding hydrogens is 232 g/mol. The van der Waals surface area contributed by atoms with Crippen LogP contribution in [0.4, 0.5) is 0 Å². The van der Waals surface area contributed by atoms with E-state index in [0.29, 0.717) is 0 Å². The number of rotatable bonds is 4. The lowest BCUT2D eigenvalue weighted by Crippen LogP contribution is -2.21. The summed E-state index contributed by atoms with van der Waals surface area (Å²) < 4.78 is 6.62. The first-order chi connectivity index (χ1) is 9.33. The van der Waals surface area contributed by atoms with Crippen molar-refractivity contribution in [2.75, 3.05) is 0 Å². The van der Waals surface area contributed by atoms with Crippen LogP contribution < -0.4 is 0 Å². The summed E-state index contributed by atoms with van der Waals surface area (Å²) in [4.78, 5) is 0. The van der Waals surface area contributed by atoms with Crippen LogP contribution >= 0.6 is 0 Å². The van der Waals surface area contributed by atoms with Crippen LogP contribution in [0.2, 0.25) is 0 Å². The average molecular weight is 250 g/mol. The summed E-state index contributed by atoms with van der Waals surface area (Å²) >= 11 is 0. The Balaban J connectivity index is 1.63. The smallest absolute Gasteiger partial charge is 0.0945 e. The maximum Gasteiger partial charge on any atom is 0.0945 e. The van der Waals surface area contributed by atoms with Gasteiger partial charge in [-0.25, -0.2) is 0 Å². The molecule has 0 radical (unpaired) electrons. The third-order valence-electron chi connectivity index (χ3n) is 4.40. The van der Waals surface area contributed by atoms with Crippen LogP contribution in [0.25, 0.3) is 0 Å². The first-order valence-electron chi connectivity index (χ1n) is 7.14. The summed E-state index contributed by atoms with van der Waals surface area (Å²) in [6.07, 6.45) is 4.63. The molecule has 1 nitrogen and oxygen atoms in total. The van der Waals surface area contributed by atoms with Crippen molar-refractivity contribution in [2.24, 2.45) is 0 Å². The highest BCUT2D eigenvalue weighted by molar-refractivity contribution is 5.32. The Labute approximate surface area is 114 Å². The Morgan fingerprint density at radius 2 is 0.947 bits per heavy atom. The lowest BCUT2D eigenvalue weighted by Gasteiger charge is -2.25. The molecule has 0 aromatic heterocycles. The minimum Gasteiger partial charge on any atom is -0.359 e. The van der Waals surface area contributed by atoms with Crippen LogP contribution in [0.5, 0.6) is 0 Å². The Morgan fingerprint density at radius 3 is 1.26 bits per heavy atom. The Kier molecular flexibility index (Phi) is 2.33. The highest BCUT2D eigenvalue weighted by Gasteiger charge is 2.56. The number of hydrogen-bond donors (Lipinski definition) is 0. The van der Waals surface area contributed by atoms with Crippen LogP contribution in [0.1, 0.15) is 36.8 Å². The molecule has 2 aliphatic carbocycles. The van der Waals surface area contributed by atoms with Gasteiger partial charge in [-0.1, -0.05) is 60.7 Å². The molecule has 0 spiro atoms. The second kappa shape index (κ2) is 3.94. The van der Waals surface area contributed by atoms with Crippen molar-refractivity contribution in [2.45, 2.75) is 36.9 Å². The molecule has 2 aliphatic rings. The SMILES string of the molecule is c1ccc(C2(OC3(c4ccccc4)CC3)CC2)cc1. The maximum absolute atomic E-state index is 6.62. The lowest BCUT2D eigenvalue weighted by atomic mass is 10.0. The lowest BCUT2D eigenvalue weighted by molar-refractivity contribution is -0.0551. The van der Waals surface area contributed by atoms with E-state index in [4.69, 9.17) is 4.74 Å². The molecule has 2 aromatic rings. The summed E-state index contributed by atoms with van der Waals surface area (Å²) in [5, 5.41) is 0. The number of hydrogen-bond acceptors (Lipinski definition) is 1. The van der Waals surface area contributed by atoms with Crippen LogP contribution in [0.3, 0.4) is 0 Å². The normalized spacial score (nSPS) is 21.9. The first kappa shape index (κ1) is 11.2. The van der Waals surface area contributed by atoms with Gasteiger partial charge in [-0.3, -0.25) is 0 Å². The molecule has 2 fully saturated rings. The summed E-state index contributed by atoms with van der Waals surface area (Å²) in [6, 6.07) is 21.4. The fraction of sp³-hybridized carbons (Fsp3) is 0.333. The van der Waals surface area contributed by atoms with Crippen LogP contribution in [-0.4, -0.2) is 0 Å². The molecule has 0 N–H and O–H groups in total. The molecule has 0 aliphatic heterocycles. The average Bonchev–Trinajstić information content (AvgIpc) is 3.40. The fourth-order valence-electron chi connectivity index (χ4n) is 2.98. The zero-order valence-corrected chi connectivity index (χ0v) is 11.0. The van der Waals surface area contributed by atoms with Gasteiger partial charge in [-0.15, -0.1) is 0 Å². The highest BCUT2D eigenvalue weighted by atomic mass is 16.5. The summed E-state index contributed by atoms with van der Waals surface area (Å²) in [5.74, 6) is 0. The molecule has 0 bridgehead atoms. The van der Waals surface area contributed by atoms with Crippen molar-refractivity contribution in [1.29, 1.82) is 0 Å². The molecule has 0 unspecified atom stereocenters. The Morgan fingerprint density at radius 1 is 0.579 bits per heavy atom. The van der Waals surface area contributed by atoms with Gasteiger partial charge in [0.15, 0.2) is 0 Å². The Hall–Kier alpha value is -1.60. The van der Waals surface area contributed by atoms with E-state index in [1.165, 1.54) is 11.1 Å². The molecule has 2 saturated carbocycles. The van der Waals surface area contributed by atoms with Crippen LogP contribution in [0.15, 0.2) is 60.7 Å². The molecule has 4 rings (SSSR count). The molecule has 0 heterocycles. The molecule has 0 saturated heterocycles. The van der Waals surface area contributed by atoms with Crippen molar-refractivity contribution in [1.82, 2.24) is 0 Å². The molecule has 96 valence electrons. The quantitative estimate of drug-likeness (QED) is 0.782. The third kappa shape index (κ3) is 1.89. The molecule has 2 aromatic carbocycles. The van der Waals surface area contributed by atoms with E-state index in [1.54, 1.807) is 0 Å². The van der Waals surface area contributed by atoms with Gasteiger partial charge in [0.05, 0.1) is 11.2 Å². The fourth-order valence-corrected chi connectivity index (χ4v) is 2.98. The number of ether oxygens (including phenoxy) is 1. The molecule has 1 heteroatoms. The number of benzene rings is 2. The van der Waals surface area contributed by atoms with Gasteiger partial charge in [0.25, 0.3) is 0 Å². The Bertz CT molecular complexity index is 512. The standard InChI is InChI=1S/C18H18O/c1-3-7-15(8-4-1)17(11-12-17)19-18(13-14-18)16-9-5-2-6-10-16/h1-10H,11-14H2. The zero-order chi connectivity index (χ0) is 12.8. The van der Waals surface area contributed by atoms with Crippen molar-refractivity contribution >= 4 is 0 Å². The van der Waals surface area contributed by atoms with E-state index in [1.807, 2.05) is 0 Å². The van der Waals surface area contributed by atoms with Gasteiger partial charge < -0.3 is 4.74 Å². The largest absolute Gasteiger partial charge is 0.359 e. The second-order valence-corrected chi connectivity index (χ2v) is 5.82. The van der Waals surface area contributed by atoms with Gasteiger partial charge in [0.2, 0.25) is 0 Å². The summed E-state index contributed by atoms with van der Waals surface area (Å²) in [6.45, 7) is 0. The second-order valence-electron chi connectivity index (χ2n) is 5.82. The zero-order valence-electron chi connectivity index (χ0n) is 11.0. The van der Waals surface area contributed by atoms with Crippen molar-refractivity contribution in [3.63, 3.8) is 0 Å². The first-order valence-corrected chi connectivity index (χ1v) is 7.14. The van der Waals surface area contributed by atoms with Crippen molar-refractivity contribution in [3.8, 4) is 0 Å². The van der Waals surface area contributed by atoms with Crippen LogP contribution in [0, 0.1) is 0 Å². The van der Waals surface area contributed by atoms with Gasteiger partial charge in [0, 0.05) is 0 Å². The van der Waals surface area contributed by atoms with E-state index in [9.17, 15) is 0 Å². The van der Waals surface area contributed by atoms with Gasteiger partial charge >= 0.3 is 0 Å². The van der Waals surface area contributed by atoms with E-state index in [0.717, 1.165) is 25.7 Å². The molecular formula is C18H18O. The highest BCUT2D eigenvalue weighted by Crippen LogP contribution is 2.60. The predicted molar refractivity (Wildman–Crippen MR) is 75.8 cm³/mol. The van der Waals surface area contributed by atoms with Crippen molar-refractivity contribution in [3.05, 3.63) is 71.8 Å². The minimum atomic E-state index is -0.00635. The topological polar surface area (TPSA) is 9.23 Å². The van der Waals surface area contributed by atoms with E-state index in [-0.39, 0.29) is 11.2 Å². The van der Waals surface area contributed by atoms with Gasteiger partial charge in [0.1, 0.15) is 0 Å². The third-order valence-corrected chi connectivity index (χ3v) is 4.40. The van der Waals surface area contributed by atoms with E-state index < -0.39 is 0 Å². The van der Waals surface area contributed by atoms with Crippen molar-refractivity contribution < 1.29 is 4.74 Å². The minimum absolute atomic E-state index is 0.00635. The molecule has 0 atom stereocenters. The van der Waals surface area contributed by atoms with Gasteiger partial charge in [-0.2, -0.15) is 0 Å².